The average molecular weight is 358 g/mol. The van der Waals surface area contributed by atoms with Gasteiger partial charge >= 0.3 is 0 Å². The van der Waals surface area contributed by atoms with Crippen molar-refractivity contribution in [1.82, 2.24) is 29.9 Å². The van der Waals surface area contributed by atoms with E-state index in [-0.39, 0.29) is 17.7 Å². The third-order valence-electron chi connectivity index (χ3n) is 5.16. The van der Waals surface area contributed by atoms with E-state index in [9.17, 15) is 9.59 Å². The highest BCUT2D eigenvalue weighted by molar-refractivity contribution is 5.96. The van der Waals surface area contributed by atoms with E-state index in [1.54, 1.807) is 24.3 Å². The highest BCUT2D eigenvalue weighted by Crippen LogP contribution is 2.27. The van der Waals surface area contributed by atoms with Gasteiger partial charge in [0.1, 0.15) is 12.7 Å². The van der Waals surface area contributed by atoms with Gasteiger partial charge in [0, 0.05) is 24.7 Å². The van der Waals surface area contributed by atoms with E-state index >= 15 is 0 Å². The summed E-state index contributed by atoms with van der Waals surface area (Å²) in [6, 6.07) is 0.598. The minimum Gasteiger partial charge on any atom is -0.353 e. The molecule has 140 valence electrons. The first kappa shape index (κ1) is 18.3. The van der Waals surface area contributed by atoms with Gasteiger partial charge in [-0.1, -0.05) is 0 Å². The molecule has 1 saturated carbocycles. The molecule has 1 aliphatic carbocycles. The monoisotopic (exact) mass is 358 g/mol. The summed E-state index contributed by atoms with van der Waals surface area (Å²) >= 11 is 0. The second-order valence-electron chi connectivity index (χ2n) is 7.02. The quantitative estimate of drug-likeness (QED) is 0.797. The number of aromatic nitrogens is 5. The van der Waals surface area contributed by atoms with E-state index < -0.39 is 0 Å². The number of aryl methyl sites for hydroxylation is 2. The second-order valence-corrected chi connectivity index (χ2v) is 7.02. The fourth-order valence-corrected chi connectivity index (χ4v) is 3.82. The first-order valence-corrected chi connectivity index (χ1v) is 9.14. The predicted molar refractivity (Wildman–Crippen MR) is 95.8 cm³/mol. The molecule has 1 aliphatic rings. The predicted octanol–water partition coefficient (Wildman–Crippen LogP) is 1.98. The molecular formula is C18H26N6O2. The van der Waals surface area contributed by atoms with Gasteiger partial charge in [-0.15, -0.1) is 0 Å². The van der Waals surface area contributed by atoms with Crippen molar-refractivity contribution in [2.24, 2.45) is 0 Å². The van der Waals surface area contributed by atoms with Gasteiger partial charge in [-0.05, 0) is 46.5 Å². The normalized spacial score (nSPS) is 20.1. The van der Waals surface area contributed by atoms with E-state index in [0.29, 0.717) is 24.6 Å². The summed E-state index contributed by atoms with van der Waals surface area (Å²) in [4.78, 5) is 28.0. The van der Waals surface area contributed by atoms with Crippen molar-refractivity contribution < 1.29 is 9.59 Å². The summed E-state index contributed by atoms with van der Waals surface area (Å²) in [6.07, 6.45) is 7.57. The van der Waals surface area contributed by atoms with Crippen LogP contribution in [0.4, 0.5) is 0 Å². The van der Waals surface area contributed by atoms with Crippen LogP contribution in [0.25, 0.3) is 0 Å². The number of Topliss-reactive ketones (excluding diaryl/α,β-unsaturated/α-hetero) is 1. The van der Waals surface area contributed by atoms with Crippen LogP contribution in [-0.2, 0) is 11.3 Å². The molecule has 2 heterocycles. The maximum Gasteiger partial charge on any atom is 0.222 e. The first-order chi connectivity index (χ1) is 12.5. The largest absolute Gasteiger partial charge is 0.353 e. The standard InChI is InChI=1S/C18H26N6O2/c1-12-18(14(3)25)13(2)23(22-12)9-8-17(26)21-15-4-6-16(7-5-15)24-11-19-10-20-24/h10-11,15-16H,4-9H2,1-3H3,(H,21,26). The molecule has 1 fully saturated rings. The molecule has 0 aromatic carbocycles. The Labute approximate surface area is 153 Å². The van der Waals surface area contributed by atoms with Crippen molar-refractivity contribution in [3.05, 3.63) is 29.6 Å². The van der Waals surface area contributed by atoms with Crippen LogP contribution >= 0.6 is 0 Å². The van der Waals surface area contributed by atoms with Crippen molar-refractivity contribution in [2.75, 3.05) is 0 Å². The zero-order valence-corrected chi connectivity index (χ0v) is 15.6. The molecule has 0 bridgehead atoms. The van der Waals surface area contributed by atoms with Crippen LogP contribution in [0.3, 0.4) is 0 Å². The highest BCUT2D eigenvalue weighted by Gasteiger charge is 2.24. The number of carbonyl (C=O) groups is 2. The Morgan fingerprint density at radius 3 is 2.54 bits per heavy atom. The Bertz CT molecular complexity index is 772. The molecule has 0 aliphatic heterocycles. The Hall–Kier alpha value is -2.51. The smallest absolute Gasteiger partial charge is 0.222 e. The Morgan fingerprint density at radius 2 is 1.96 bits per heavy atom. The highest BCUT2D eigenvalue weighted by atomic mass is 16.1. The number of nitrogens with zero attached hydrogens (tertiary/aromatic N) is 5. The fourth-order valence-electron chi connectivity index (χ4n) is 3.82. The molecule has 2 aromatic heterocycles. The van der Waals surface area contributed by atoms with Gasteiger partial charge in [-0.25, -0.2) is 9.67 Å². The van der Waals surface area contributed by atoms with Crippen molar-refractivity contribution >= 4 is 11.7 Å². The number of carbonyl (C=O) groups excluding carboxylic acids is 2. The van der Waals surface area contributed by atoms with E-state index in [0.717, 1.165) is 37.1 Å². The van der Waals surface area contributed by atoms with Gasteiger partial charge in [0.15, 0.2) is 5.78 Å². The van der Waals surface area contributed by atoms with Crippen LogP contribution in [0.15, 0.2) is 12.7 Å². The van der Waals surface area contributed by atoms with E-state index in [2.05, 4.69) is 20.5 Å². The summed E-state index contributed by atoms with van der Waals surface area (Å²) in [5.74, 6) is 0.0472. The molecule has 8 nitrogen and oxygen atoms in total. The summed E-state index contributed by atoms with van der Waals surface area (Å²) in [5, 5.41) is 11.7. The molecule has 2 aromatic rings. The number of hydrogen-bond donors (Lipinski definition) is 1. The van der Waals surface area contributed by atoms with Gasteiger partial charge < -0.3 is 5.32 Å². The van der Waals surface area contributed by atoms with Gasteiger partial charge in [-0.3, -0.25) is 14.3 Å². The molecular weight excluding hydrogens is 332 g/mol. The third kappa shape index (κ3) is 4.00. The van der Waals surface area contributed by atoms with Crippen LogP contribution in [0.5, 0.6) is 0 Å². The molecule has 0 radical (unpaired) electrons. The maximum absolute atomic E-state index is 12.3. The van der Waals surface area contributed by atoms with Gasteiger partial charge in [0.25, 0.3) is 0 Å². The number of amides is 1. The zero-order valence-electron chi connectivity index (χ0n) is 15.6. The fraction of sp³-hybridized carbons (Fsp3) is 0.611. The van der Waals surface area contributed by atoms with E-state index in [4.69, 9.17) is 0 Å². The van der Waals surface area contributed by atoms with Crippen LogP contribution in [-0.4, -0.2) is 42.3 Å². The van der Waals surface area contributed by atoms with Crippen LogP contribution in [0.2, 0.25) is 0 Å². The Kier molecular flexibility index (Phi) is 5.49. The van der Waals surface area contributed by atoms with Crippen molar-refractivity contribution in [2.45, 2.75) is 71.5 Å². The van der Waals surface area contributed by atoms with Gasteiger partial charge in [0.2, 0.25) is 5.91 Å². The van der Waals surface area contributed by atoms with Crippen molar-refractivity contribution in [1.29, 1.82) is 0 Å². The van der Waals surface area contributed by atoms with Crippen LogP contribution < -0.4 is 5.32 Å². The van der Waals surface area contributed by atoms with E-state index in [1.165, 1.54) is 0 Å². The average Bonchev–Trinajstić information content (AvgIpc) is 3.22. The maximum atomic E-state index is 12.3. The molecule has 0 atom stereocenters. The lowest BCUT2D eigenvalue weighted by atomic mass is 9.91. The minimum atomic E-state index is 0.0137. The molecule has 0 spiro atoms. The summed E-state index contributed by atoms with van der Waals surface area (Å²) < 4.78 is 3.67. The molecule has 1 N–H and O–H groups in total. The summed E-state index contributed by atoms with van der Waals surface area (Å²) in [5.41, 5.74) is 2.22. The zero-order chi connectivity index (χ0) is 18.7. The molecule has 3 rings (SSSR count). The SMILES string of the molecule is CC(=O)c1c(C)nn(CCC(=O)NC2CCC(n3cncn3)CC2)c1C. The summed E-state index contributed by atoms with van der Waals surface area (Å²) in [7, 11) is 0. The molecule has 0 unspecified atom stereocenters. The van der Waals surface area contributed by atoms with Crippen LogP contribution in [0.1, 0.15) is 66.8 Å². The van der Waals surface area contributed by atoms with Gasteiger partial charge in [-0.2, -0.15) is 10.2 Å². The third-order valence-corrected chi connectivity index (χ3v) is 5.16. The minimum absolute atomic E-state index is 0.0137. The number of nitrogens with one attached hydrogen (secondary N) is 1. The van der Waals surface area contributed by atoms with Crippen LogP contribution in [0, 0.1) is 13.8 Å². The molecule has 1 amide bonds. The lowest BCUT2D eigenvalue weighted by Gasteiger charge is -2.29. The topological polar surface area (TPSA) is 94.7 Å². The lowest BCUT2D eigenvalue weighted by molar-refractivity contribution is -0.122. The van der Waals surface area contributed by atoms with Crippen molar-refractivity contribution in [3.8, 4) is 0 Å². The molecule has 0 saturated heterocycles. The van der Waals surface area contributed by atoms with E-state index in [1.807, 2.05) is 18.5 Å². The number of rotatable bonds is 6. The Balaban J connectivity index is 1.47. The second kappa shape index (κ2) is 7.80. The van der Waals surface area contributed by atoms with Gasteiger partial charge in [0.05, 0.1) is 17.3 Å². The Morgan fingerprint density at radius 1 is 1.23 bits per heavy atom. The molecule has 8 heteroatoms. The lowest BCUT2D eigenvalue weighted by Crippen LogP contribution is -2.38. The summed E-state index contributed by atoms with van der Waals surface area (Å²) in [6.45, 7) is 5.73. The first-order valence-electron chi connectivity index (χ1n) is 9.14. The number of hydrogen-bond acceptors (Lipinski definition) is 5. The number of ketones is 1. The molecule has 26 heavy (non-hydrogen) atoms. The van der Waals surface area contributed by atoms with Crippen molar-refractivity contribution in [3.63, 3.8) is 0 Å².